The minimum atomic E-state index is 0.0819. The Kier molecular flexibility index (Phi) is 4.11. The molecule has 4 nitrogen and oxygen atoms in total. The third-order valence-electron chi connectivity index (χ3n) is 10.8. The molecular formula is C40H24B2N4. The average molecular weight is 582 g/mol. The summed E-state index contributed by atoms with van der Waals surface area (Å²) in [5.74, 6) is 0. The number of benzene rings is 6. The molecule has 0 atom stereocenters. The van der Waals surface area contributed by atoms with E-state index in [1.165, 1.54) is 88.9 Å². The van der Waals surface area contributed by atoms with Crippen LogP contribution in [0.3, 0.4) is 0 Å². The summed E-state index contributed by atoms with van der Waals surface area (Å²) < 4.78 is 5.12. The van der Waals surface area contributed by atoms with E-state index in [0.717, 1.165) is 0 Å². The van der Waals surface area contributed by atoms with Crippen molar-refractivity contribution in [2.24, 2.45) is 0 Å². The molecule has 4 aliphatic heterocycles. The smallest absolute Gasteiger partial charge is 0.332 e. The fourth-order valence-electron chi connectivity index (χ4n) is 9.24. The van der Waals surface area contributed by atoms with Gasteiger partial charge in [-0.05, 0) is 111 Å². The van der Waals surface area contributed by atoms with Gasteiger partial charge in [0.2, 0.25) is 0 Å². The molecule has 2 aromatic heterocycles. The lowest BCUT2D eigenvalue weighted by atomic mass is 9.39. The molecule has 0 amide bonds. The van der Waals surface area contributed by atoms with Crippen molar-refractivity contribution in [2.45, 2.75) is 0 Å². The molecule has 0 N–H and O–H groups in total. The van der Waals surface area contributed by atoms with Crippen LogP contribution in [-0.4, -0.2) is 22.7 Å². The molecule has 0 aliphatic carbocycles. The molecule has 4 aliphatic rings. The number of anilines is 6. The number of rotatable bonds is 2. The van der Waals surface area contributed by atoms with Crippen LogP contribution in [0.2, 0.25) is 0 Å². The van der Waals surface area contributed by atoms with E-state index in [2.05, 4.69) is 165 Å². The highest BCUT2D eigenvalue weighted by molar-refractivity contribution is 6.94. The molecule has 12 rings (SSSR count). The summed E-state index contributed by atoms with van der Waals surface area (Å²) in [5.41, 5.74) is 18.3. The molecule has 0 spiro atoms. The minimum Gasteiger partial charge on any atom is -0.382 e. The first kappa shape index (κ1) is 23.5. The SMILES string of the molecule is c1ccc(N2c3ccccc3B3c4c2cc2c5c4-c4c6c(ccn63)cc3ccn(c43)B5c3ccccc3N2c2ccccc2)cc1. The zero-order valence-corrected chi connectivity index (χ0v) is 24.8. The Balaban J connectivity index is 1.33. The second kappa shape index (κ2) is 8.04. The van der Waals surface area contributed by atoms with E-state index >= 15 is 0 Å². The summed E-state index contributed by atoms with van der Waals surface area (Å²) in [6, 6.07) is 49.4. The van der Waals surface area contributed by atoms with Gasteiger partial charge in [0.1, 0.15) is 0 Å². The van der Waals surface area contributed by atoms with Gasteiger partial charge in [-0.25, -0.2) is 0 Å². The van der Waals surface area contributed by atoms with Crippen molar-refractivity contribution < 1.29 is 0 Å². The molecule has 6 heterocycles. The maximum absolute atomic E-state index is 2.56. The minimum absolute atomic E-state index is 0.0819. The highest BCUT2D eigenvalue weighted by Crippen LogP contribution is 2.50. The molecule has 6 aromatic carbocycles. The third-order valence-corrected chi connectivity index (χ3v) is 10.8. The predicted octanol–water partition coefficient (Wildman–Crippen LogP) is 6.76. The van der Waals surface area contributed by atoms with Crippen molar-refractivity contribution in [1.82, 2.24) is 8.96 Å². The monoisotopic (exact) mass is 582 g/mol. The van der Waals surface area contributed by atoms with Crippen LogP contribution in [0.15, 0.2) is 146 Å². The van der Waals surface area contributed by atoms with E-state index in [1.807, 2.05) is 0 Å². The van der Waals surface area contributed by atoms with Crippen LogP contribution in [-0.2, 0) is 0 Å². The number of hydrogen-bond donors (Lipinski definition) is 0. The second-order valence-corrected chi connectivity index (χ2v) is 13.0. The molecule has 6 heteroatoms. The Morgan fingerprint density at radius 2 is 0.848 bits per heavy atom. The Labute approximate surface area is 266 Å². The van der Waals surface area contributed by atoms with Crippen molar-refractivity contribution in [3.63, 3.8) is 0 Å². The lowest BCUT2D eigenvalue weighted by Crippen LogP contribution is -2.63. The van der Waals surface area contributed by atoms with Gasteiger partial charge in [0.15, 0.2) is 0 Å². The quantitative estimate of drug-likeness (QED) is 0.210. The maximum Gasteiger partial charge on any atom is 0.332 e. The highest BCUT2D eigenvalue weighted by atomic mass is 15.2. The summed E-state index contributed by atoms with van der Waals surface area (Å²) >= 11 is 0. The van der Waals surface area contributed by atoms with E-state index in [4.69, 9.17) is 0 Å². The summed E-state index contributed by atoms with van der Waals surface area (Å²) in [6.45, 7) is 0.164. The fraction of sp³-hybridized carbons (Fsp3) is 0. The first-order valence-electron chi connectivity index (χ1n) is 16.1. The largest absolute Gasteiger partial charge is 0.382 e. The zero-order valence-electron chi connectivity index (χ0n) is 24.8. The number of fused-ring (bicyclic) bond motifs is 6. The summed E-state index contributed by atoms with van der Waals surface area (Å²) in [5, 5.41) is 2.62. The van der Waals surface area contributed by atoms with Gasteiger partial charge in [0.05, 0.1) is 0 Å². The highest BCUT2D eigenvalue weighted by Gasteiger charge is 2.50. The Hall–Kier alpha value is -5.87. The van der Waals surface area contributed by atoms with E-state index in [-0.39, 0.29) is 13.7 Å². The molecule has 210 valence electrons. The van der Waals surface area contributed by atoms with Crippen LogP contribution in [0.4, 0.5) is 34.1 Å². The van der Waals surface area contributed by atoms with Gasteiger partial charge >= 0.3 is 13.7 Å². The summed E-state index contributed by atoms with van der Waals surface area (Å²) in [4.78, 5) is 5.02. The van der Waals surface area contributed by atoms with E-state index in [1.54, 1.807) is 0 Å². The van der Waals surface area contributed by atoms with Crippen molar-refractivity contribution in [3.8, 4) is 11.1 Å². The van der Waals surface area contributed by atoms with Crippen LogP contribution < -0.4 is 31.7 Å². The Bertz CT molecular complexity index is 2450. The van der Waals surface area contributed by atoms with Gasteiger partial charge in [-0.1, -0.05) is 72.8 Å². The van der Waals surface area contributed by atoms with Gasteiger partial charge in [-0.2, -0.15) is 0 Å². The molecule has 0 fully saturated rings. The Morgan fingerprint density at radius 3 is 1.35 bits per heavy atom. The molecule has 8 aromatic rings. The van der Waals surface area contributed by atoms with Gasteiger partial charge < -0.3 is 18.8 Å². The van der Waals surface area contributed by atoms with Gasteiger partial charge in [0.25, 0.3) is 0 Å². The topological polar surface area (TPSA) is 16.3 Å². The molecule has 0 unspecified atom stereocenters. The molecular weight excluding hydrogens is 558 g/mol. The van der Waals surface area contributed by atoms with Crippen molar-refractivity contribution in [1.29, 1.82) is 0 Å². The van der Waals surface area contributed by atoms with Crippen molar-refractivity contribution in [2.75, 3.05) is 9.80 Å². The lowest BCUT2D eigenvalue weighted by molar-refractivity contribution is 1.20. The molecule has 0 saturated heterocycles. The zero-order chi connectivity index (χ0) is 29.7. The second-order valence-electron chi connectivity index (χ2n) is 13.0. The lowest BCUT2D eigenvalue weighted by Gasteiger charge is -2.46. The summed E-state index contributed by atoms with van der Waals surface area (Å²) in [6.07, 6.45) is 4.65. The standard InChI is InChI=1S/C40H24B2N4/c1-3-11-27(12-4-1)45-31-17-9-7-15-29(31)41-37-33(45)24-34-38-35(37)36-39-25(19-21-43(39)41)23-26-20-22-44(40(26)36)42(38)30-16-8-10-18-32(30)46(34)28-13-5-2-6-14-28/h1-24H. The van der Waals surface area contributed by atoms with Crippen LogP contribution in [0.5, 0.6) is 0 Å². The van der Waals surface area contributed by atoms with Crippen molar-refractivity contribution in [3.05, 3.63) is 146 Å². The van der Waals surface area contributed by atoms with E-state index in [0.29, 0.717) is 0 Å². The van der Waals surface area contributed by atoms with Gasteiger partial charge in [-0.15, -0.1) is 0 Å². The average Bonchev–Trinajstić information content (AvgIpc) is 3.74. The number of para-hydroxylation sites is 4. The molecule has 0 radical (unpaired) electrons. The molecule has 0 bridgehead atoms. The number of nitrogens with zero attached hydrogens (tertiary/aromatic N) is 4. The normalized spacial score (nSPS) is 14.3. The van der Waals surface area contributed by atoms with Crippen LogP contribution >= 0.6 is 0 Å². The first-order chi connectivity index (χ1) is 22.9. The van der Waals surface area contributed by atoms with E-state index in [9.17, 15) is 0 Å². The van der Waals surface area contributed by atoms with Gasteiger partial charge in [0, 0.05) is 50.7 Å². The number of hydrogen-bond acceptors (Lipinski definition) is 2. The molecule has 0 saturated carbocycles. The van der Waals surface area contributed by atoms with Crippen LogP contribution in [0, 0.1) is 0 Å². The van der Waals surface area contributed by atoms with Crippen LogP contribution in [0.25, 0.3) is 32.9 Å². The fourth-order valence-corrected chi connectivity index (χ4v) is 9.24. The predicted molar refractivity (Wildman–Crippen MR) is 193 cm³/mol. The first-order valence-corrected chi connectivity index (χ1v) is 16.1. The van der Waals surface area contributed by atoms with Gasteiger partial charge in [-0.3, -0.25) is 0 Å². The van der Waals surface area contributed by atoms with Crippen LogP contribution in [0.1, 0.15) is 0 Å². The third kappa shape index (κ3) is 2.60. The number of aromatic nitrogens is 2. The van der Waals surface area contributed by atoms with Crippen molar-refractivity contribution >= 4 is 91.5 Å². The van der Waals surface area contributed by atoms with E-state index < -0.39 is 0 Å². The molecule has 46 heavy (non-hydrogen) atoms. The Morgan fingerprint density at radius 1 is 0.391 bits per heavy atom. The maximum atomic E-state index is 2.56. The summed E-state index contributed by atoms with van der Waals surface area (Å²) in [7, 11) is 0.